The van der Waals surface area contributed by atoms with Crippen molar-refractivity contribution in [2.45, 2.75) is 19.8 Å². The summed E-state index contributed by atoms with van der Waals surface area (Å²) in [5.74, 6) is -0.0480. The van der Waals surface area contributed by atoms with E-state index < -0.39 is 20.0 Å². The highest BCUT2D eigenvalue weighted by molar-refractivity contribution is 7.92. The van der Waals surface area contributed by atoms with Crippen LogP contribution in [0.5, 0.6) is 0 Å². The Morgan fingerprint density at radius 1 is 1.04 bits per heavy atom. The molecular formula is C16H25N3O5S2. The molecule has 8 nitrogen and oxygen atoms in total. The molecule has 1 aromatic carbocycles. The number of sulfonamides is 2. The van der Waals surface area contributed by atoms with Crippen molar-refractivity contribution in [2.24, 2.45) is 0 Å². The lowest BCUT2D eigenvalue weighted by Crippen LogP contribution is -2.51. The molecule has 0 aliphatic carbocycles. The number of nitrogens with one attached hydrogen (secondary N) is 1. The number of hydrogen-bond donors (Lipinski definition) is 1. The number of amides is 1. The van der Waals surface area contributed by atoms with Gasteiger partial charge in [0.25, 0.3) is 5.91 Å². The zero-order valence-corrected chi connectivity index (χ0v) is 16.6. The zero-order valence-electron chi connectivity index (χ0n) is 15.0. The molecule has 1 aliphatic heterocycles. The molecule has 1 aliphatic rings. The molecule has 1 fully saturated rings. The third-order valence-electron chi connectivity index (χ3n) is 4.11. The molecule has 1 N–H and O–H groups in total. The van der Waals surface area contributed by atoms with E-state index in [-0.39, 0.29) is 11.7 Å². The lowest BCUT2D eigenvalue weighted by Gasteiger charge is -2.34. The van der Waals surface area contributed by atoms with Crippen molar-refractivity contribution in [1.82, 2.24) is 9.21 Å². The maximum Gasteiger partial charge on any atom is 0.253 e. The topological polar surface area (TPSA) is 104 Å². The van der Waals surface area contributed by atoms with Crippen molar-refractivity contribution in [3.8, 4) is 0 Å². The van der Waals surface area contributed by atoms with Crippen LogP contribution in [0.1, 0.15) is 30.1 Å². The van der Waals surface area contributed by atoms with Gasteiger partial charge in [-0.1, -0.05) is 13.3 Å². The summed E-state index contributed by atoms with van der Waals surface area (Å²) in [5, 5.41) is 0. The summed E-state index contributed by atoms with van der Waals surface area (Å²) in [6.07, 6.45) is 2.51. The first kappa shape index (κ1) is 20.7. The van der Waals surface area contributed by atoms with E-state index in [9.17, 15) is 21.6 Å². The van der Waals surface area contributed by atoms with Crippen molar-refractivity contribution in [3.63, 3.8) is 0 Å². The molecule has 1 heterocycles. The van der Waals surface area contributed by atoms with Gasteiger partial charge < -0.3 is 4.90 Å². The minimum atomic E-state index is -3.37. The molecule has 10 heteroatoms. The Labute approximate surface area is 155 Å². The van der Waals surface area contributed by atoms with Gasteiger partial charge >= 0.3 is 0 Å². The van der Waals surface area contributed by atoms with Gasteiger partial charge in [0.1, 0.15) is 0 Å². The summed E-state index contributed by atoms with van der Waals surface area (Å²) in [6, 6.07) is 6.17. The maximum absolute atomic E-state index is 12.5. The van der Waals surface area contributed by atoms with Crippen LogP contribution in [-0.2, 0) is 20.0 Å². The molecule has 26 heavy (non-hydrogen) atoms. The average Bonchev–Trinajstić information content (AvgIpc) is 2.59. The van der Waals surface area contributed by atoms with Gasteiger partial charge in [0.05, 0.1) is 12.0 Å². The SMILES string of the molecule is CCCCS(=O)(=O)N1CCN(C(=O)c2ccc(NS(C)(=O)=O)cc2)CC1. The van der Waals surface area contributed by atoms with Crippen molar-refractivity contribution in [2.75, 3.05) is 42.9 Å². The minimum absolute atomic E-state index is 0.145. The van der Waals surface area contributed by atoms with Crippen LogP contribution >= 0.6 is 0 Å². The standard InChI is InChI=1S/C16H25N3O5S2/c1-3-4-13-26(23,24)19-11-9-18(10-12-19)16(20)14-5-7-15(8-6-14)17-25(2,21)22/h5-8,17H,3-4,9-13H2,1-2H3. The van der Waals surface area contributed by atoms with Gasteiger partial charge in [-0.3, -0.25) is 9.52 Å². The number of unbranched alkanes of at least 4 members (excludes halogenated alkanes) is 1. The molecule has 146 valence electrons. The summed E-state index contributed by atoms with van der Waals surface area (Å²) in [6.45, 7) is 3.22. The number of hydrogen-bond acceptors (Lipinski definition) is 5. The van der Waals surface area contributed by atoms with Crippen LogP contribution in [-0.4, -0.2) is 70.1 Å². The van der Waals surface area contributed by atoms with Crippen LogP contribution in [0.25, 0.3) is 0 Å². The third kappa shape index (κ3) is 5.68. The normalized spacial score (nSPS) is 16.5. The van der Waals surface area contributed by atoms with Gasteiger partial charge in [-0.15, -0.1) is 0 Å². The Balaban J connectivity index is 1.96. The van der Waals surface area contributed by atoms with Crippen molar-refractivity contribution in [1.29, 1.82) is 0 Å². The van der Waals surface area contributed by atoms with Crippen molar-refractivity contribution in [3.05, 3.63) is 29.8 Å². The summed E-state index contributed by atoms with van der Waals surface area (Å²) in [4.78, 5) is 14.2. The van der Waals surface area contributed by atoms with E-state index in [1.165, 1.54) is 16.4 Å². The van der Waals surface area contributed by atoms with E-state index in [1.807, 2.05) is 6.92 Å². The highest BCUT2D eigenvalue weighted by Gasteiger charge is 2.28. The highest BCUT2D eigenvalue weighted by atomic mass is 32.2. The maximum atomic E-state index is 12.5. The van der Waals surface area contributed by atoms with E-state index in [4.69, 9.17) is 0 Å². The molecule has 0 aromatic heterocycles. The largest absolute Gasteiger partial charge is 0.336 e. The quantitative estimate of drug-likeness (QED) is 0.730. The highest BCUT2D eigenvalue weighted by Crippen LogP contribution is 2.15. The first-order valence-corrected chi connectivity index (χ1v) is 12.0. The molecule has 2 rings (SSSR count). The van der Waals surface area contributed by atoms with Crippen LogP contribution in [0.2, 0.25) is 0 Å². The van der Waals surface area contributed by atoms with Crippen LogP contribution in [0.15, 0.2) is 24.3 Å². The Kier molecular flexibility index (Phi) is 6.64. The minimum Gasteiger partial charge on any atom is -0.336 e. The summed E-state index contributed by atoms with van der Waals surface area (Å²) in [7, 11) is -6.62. The van der Waals surface area contributed by atoms with Crippen LogP contribution in [0.3, 0.4) is 0 Å². The molecule has 1 saturated heterocycles. The molecule has 1 amide bonds. The first-order valence-electron chi connectivity index (χ1n) is 8.47. The predicted molar refractivity (Wildman–Crippen MR) is 101 cm³/mol. The van der Waals surface area contributed by atoms with Gasteiger partial charge in [0, 0.05) is 37.4 Å². The molecule has 1 aromatic rings. The third-order valence-corrected chi connectivity index (χ3v) is 6.67. The fraction of sp³-hybridized carbons (Fsp3) is 0.562. The van der Waals surface area contributed by atoms with Crippen molar-refractivity contribution >= 4 is 31.6 Å². The summed E-state index contributed by atoms with van der Waals surface area (Å²) >= 11 is 0. The fourth-order valence-corrected chi connectivity index (χ4v) is 4.90. The summed E-state index contributed by atoms with van der Waals surface area (Å²) < 4.78 is 50.6. The van der Waals surface area contributed by atoms with Gasteiger partial charge in [0.15, 0.2) is 0 Å². The number of carbonyl (C=O) groups is 1. The second-order valence-electron chi connectivity index (χ2n) is 6.31. The second kappa shape index (κ2) is 8.36. The Bertz CT molecular complexity index is 827. The molecule has 0 bridgehead atoms. The van der Waals surface area contributed by atoms with E-state index in [2.05, 4.69) is 4.72 Å². The van der Waals surface area contributed by atoms with Gasteiger partial charge in [0.2, 0.25) is 20.0 Å². The summed E-state index contributed by atoms with van der Waals surface area (Å²) in [5.41, 5.74) is 0.822. The van der Waals surface area contributed by atoms with Gasteiger partial charge in [-0.25, -0.2) is 16.8 Å². The molecular weight excluding hydrogens is 378 g/mol. The smallest absolute Gasteiger partial charge is 0.253 e. The number of benzene rings is 1. The number of anilines is 1. The van der Waals surface area contributed by atoms with E-state index in [0.717, 1.165) is 12.7 Å². The van der Waals surface area contributed by atoms with E-state index in [0.29, 0.717) is 43.9 Å². The molecule has 0 unspecified atom stereocenters. The monoisotopic (exact) mass is 403 g/mol. The van der Waals surface area contributed by atoms with Crippen LogP contribution < -0.4 is 4.72 Å². The lowest BCUT2D eigenvalue weighted by molar-refractivity contribution is 0.0698. The average molecular weight is 404 g/mol. The second-order valence-corrected chi connectivity index (χ2v) is 10.1. The zero-order chi connectivity index (χ0) is 19.4. The number of carbonyl (C=O) groups excluding carboxylic acids is 1. The predicted octanol–water partition coefficient (Wildman–Crippen LogP) is 0.946. The fourth-order valence-electron chi connectivity index (χ4n) is 2.70. The lowest BCUT2D eigenvalue weighted by atomic mass is 10.1. The Morgan fingerprint density at radius 3 is 2.12 bits per heavy atom. The number of piperazine rings is 1. The number of rotatable bonds is 7. The van der Waals surface area contributed by atoms with Crippen molar-refractivity contribution < 1.29 is 21.6 Å². The van der Waals surface area contributed by atoms with Crippen LogP contribution in [0, 0.1) is 0 Å². The van der Waals surface area contributed by atoms with E-state index in [1.54, 1.807) is 17.0 Å². The first-order chi connectivity index (χ1) is 12.1. The Hall–Kier alpha value is -1.65. The van der Waals surface area contributed by atoms with Gasteiger partial charge in [-0.05, 0) is 30.7 Å². The number of nitrogens with zero attached hydrogens (tertiary/aromatic N) is 2. The van der Waals surface area contributed by atoms with Crippen LogP contribution in [0.4, 0.5) is 5.69 Å². The van der Waals surface area contributed by atoms with Gasteiger partial charge in [-0.2, -0.15) is 4.31 Å². The molecule has 0 radical (unpaired) electrons. The molecule has 0 spiro atoms. The molecule has 0 saturated carbocycles. The van der Waals surface area contributed by atoms with E-state index >= 15 is 0 Å². The Morgan fingerprint density at radius 2 is 1.62 bits per heavy atom. The molecule has 0 atom stereocenters.